The van der Waals surface area contributed by atoms with E-state index in [4.69, 9.17) is 0 Å². The van der Waals surface area contributed by atoms with Gasteiger partial charge in [0, 0.05) is 20.1 Å². The normalized spacial score (nSPS) is 26.5. The highest BCUT2D eigenvalue weighted by Crippen LogP contribution is 2.29. The fourth-order valence-electron chi connectivity index (χ4n) is 2.27. The number of urea groups is 1. The second-order valence-corrected chi connectivity index (χ2v) is 5.21. The quantitative estimate of drug-likeness (QED) is 0.749. The first-order chi connectivity index (χ1) is 7.00. The number of hydrogen-bond acceptors (Lipinski definition) is 1. The van der Waals surface area contributed by atoms with E-state index in [9.17, 15) is 4.79 Å². The molecule has 0 bridgehead atoms. The molecule has 2 amide bonds. The van der Waals surface area contributed by atoms with Crippen molar-refractivity contribution in [3.63, 3.8) is 0 Å². The van der Waals surface area contributed by atoms with Gasteiger partial charge < -0.3 is 10.2 Å². The number of rotatable bonds is 2. The van der Waals surface area contributed by atoms with E-state index in [1.807, 2.05) is 0 Å². The van der Waals surface area contributed by atoms with Crippen LogP contribution in [0.5, 0.6) is 0 Å². The highest BCUT2D eigenvalue weighted by Gasteiger charge is 2.25. The van der Waals surface area contributed by atoms with Crippen molar-refractivity contribution in [2.45, 2.75) is 45.6 Å². The van der Waals surface area contributed by atoms with E-state index in [1.165, 1.54) is 12.8 Å². The van der Waals surface area contributed by atoms with Crippen molar-refractivity contribution in [2.24, 2.45) is 11.8 Å². The average molecular weight is 212 g/mol. The predicted molar refractivity (Wildman–Crippen MR) is 62.8 cm³/mol. The van der Waals surface area contributed by atoms with Gasteiger partial charge in [-0.05, 0) is 24.7 Å². The standard InChI is InChI=1S/C12H24N2O/c1-9(2)10-6-5-7-11(8-10)13-12(15)14(3)4/h9-11H,5-8H2,1-4H3,(H,13,15). The van der Waals surface area contributed by atoms with Gasteiger partial charge in [-0.15, -0.1) is 0 Å². The number of carbonyl (C=O) groups is 1. The van der Waals surface area contributed by atoms with Crippen LogP contribution < -0.4 is 5.32 Å². The maximum atomic E-state index is 11.5. The molecule has 88 valence electrons. The van der Waals surface area contributed by atoms with Crippen molar-refractivity contribution in [1.29, 1.82) is 0 Å². The third-order valence-corrected chi connectivity index (χ3v) is 3.39. The molecule has 0 aromatic heterocycles. The first-order valence-corrected chi connectivity index (χ1v) is 5.98. The van der Waals surface area contributed by atoms with E-state index in [0.29, 0.717) is 6.04 Å². The molecule has 0 saturated heterocycles. The summed E-state index contributed by atoms with van der Waals surface area (Å²) < 4.78 is 0. The van der Waals surface area contributed by atoms with Crippen molar-refractivity contribution in [3.8, 4) is 0 Å². The van der Waals surface area contributed by atoms with E-state index in [2.05, 4.69) is 19.2 Å². The zero-order chi connectivity index (χ0) is 11.4. The van der Waals surface area contributed by atoms with Crippen LogP contribution in [0.3, 0.4) is 0 Å². The fraction of sp³-hybridized carbons (Fsp3) is 0.917. The molecule has 0 aliphatic heterocycles. The number of carbonyl (C=O) groups excluding carboxylic acids is 1. The summed E-state index contributed by atoms with van der Waals surface area (Å²) in [4.78, 5) is 13.1. The average Bonchev–Trinajstić information content (AvgIpc) is 2.18. The van der Waals surface area contributed by atoms with Gasteiger partial charge in [0.15, 0.2) is 0 Å². The van der Waals surface area contributed by atoms with E-state index < -0.39 is 0 Å². The van der Waals surface area contributed by atoms with Crippen LogP contribution in [0.2, 0.25) is 0 Å². The lowest BCUT2D eigenvalue weighted by Gasteiger charge is -2.32. The van der Waals surface area contributed by atoms with Gasteiger partial charge in [-0.25, -0.2) is 4.79 Å². The molecule has 0 spiro atoms. The first-order valence-electron chi connectivity index (χ1n) is 5.98. The topological polar surface area (TPSA) is 32.3 Å². The molecule has 0 aromatic carbocycles. The zero-order valence-corrected chi connectivity index (χ0v) is 10.4. The van der Waals surface area contributed by atoms with E-state index >= 15 is 0 Å². The smallest absolute Gasteiger partial charge is 0.317 e. The van der Waals surface area contributed by atoms with Crippen LogP contribution in [0.15, 0.2) is 0 Å². The van der Waals surface area contributed by atoms with Crippen LogP contribution in [-0.2, 0) is 0 Å². The Labute approximate surface area is 93.2 Å². The monoisotopic (exact) mass is 212 g/mol. The van der Waals surface area contributed by atoms with E-state index in [-0.39, 0.29) is 6.03 Å². The van der Waals surface area contributed by atoms with Crippen LogP contribution >= 0.6 is 0 Å². The summed E-state index contributed by atoms with van der Waals surface area (Å²) in [5.74, 6) is 1.52. The lowest BCUT2D eigenvalue weighted by Crippen LogP contribution is -2.44. The molecule has 3 heteroatoms. The minimum atomic E-state index is 0.0457. The molecule has 1 saturated carbocycles. The van der Waals surface area contributed by atoms with Gasteiger partial charge in [-0.2, -0.15) is 0 Å². The third kappa shape index (κ3) is 3.73. The van der Waals surface area contributed by atoms with Crippen molar-refractivity contribution >= 4 is 6.03 Å². The zero-order valence-electron chi connectivity index (χ0n) is 10.4. The Bertz CT molecular complexity index is 214. The molecule has 1 rings (SSSR count). The summed E-state index contributed by atoms with van der Waals surface area (Å²) in [7, 11) is 3.58. The summed E-state index contributed by atoms with van der Waals surface area (Å²) >= 11 is 0. The molecule has 1 N–H and O–H groups in total. The van der Waals surface area contributed by atoms with Crippen molar-refractivity contribution < 1.29 is 4.79 Å². The van der Waals surface area contributed by atoms with Crippen molar-refractivity contribution in [1.82, 2.24) is 10.2 Å². The third-order valence-electron chi connectivity index (χ3n) is 3.39. The molecule has 15 heavy (non-hydrogen) atoms. The summed E-state index contributed by atoms with van der Waals surface area (Å²) in [6.07, 6.45) is 4.87. The number of amides is 2. The fourth-order valence-corrected chi connectivity index (χ4v) is 2.27. The van der Waals surface area contributed by atoms with Crippen LogP contribution in [0.4, 0.5) is 4.79 Å². The Morgan fingerprint density at radius 1 is 1.33 bits per heavy atom. The van der Waals surface area contributed by atoms with Gasteiger partial charge in [-0.1, -0.05) is 26.7 Å². The minimum absolute atomic E-state index is 0.0457. The van der Waals surface area contributed by atoms with Gasteiger partial charge in [0.2, 0.25) is 0 Å². The summed E-state index contributed by atoms with van der Waals surface area (Å²) in [5.41, 5.74) is 0. The van der Waals surface area contributed by atoms with Gasteiger partial charge >= 0.3 is 6.03 Å². The minimum Gasteiger partial charge on any atom is -0.335 e. The Morgan fingerprint density at radius 2 is 2.00 bits per heavy atom. The highest BCUT2D eigenvalue weighted by atomic mass is 16.2. The lowest BCUT2D eigenvalue weighted by molar-refractivity contribution is 0.194. The maximum Gasteiger partial charge on any atom is 0.317 e. The van der Waals surface area contributed by atoms with Crippen molar-refractivity contribution in [2.75, 3.05) is 14.1 Å². The van der Waals surface area contributed by atoms with Gasteiger partial charge in [0.05, 0.1) is 0 Å². The number of nitrogens with zero attached hydrogens (tertiary/aromatic N) is 1. The van der Waals surface area contributed by atoms with Gasteiger partial charge in [0.25, 0.3) is 0 Å². The molecule has 0 aromatic rings. The maximum absolute atomic E-state index is 11.5. The molecule has 0 radical (unpaired) electrons. The Kier molecular flexibility index (Phi) is 4.43. The van der Waals surface area contributed by atoms with Crippen molar-refractivity contribution in [3.05, 3.63) is 0 Å². The lowest BCUT2D eigenvalue weighted by atomic mass is 9.79. The molecule has 1 aliphatic rings. The molecular weight excluding hydrogens is 188 g/mol. The van der Waals surface area contributed by atoms with Gasteiger partial charge in [-0.3, -0.25) is 0 Å². The van der Waals surface area contributed by atoms with E-state index in [0.717, 1.165) is 24.7 Å². The van der Waals surface area contributed by atoms with Crippen LogP contribution in [-0.4, -0.2) is 31.1 Å². The Balaban J connectivity index is 2.39. The summed E-state index contributed by atoms with van der Waals surface area (Å²) in [6.45, 7) is 4.56. The second-order valence-electron chi connectivity index (χ2n) is 5.21. The van der Waals surface area contributed by atoms with Gasteiger partial charge in [0.1, 0.15) is 0 Å². The molecule has 3 nitrogen and oxygen atoms in total. The predicted octanol–water partition coefficient (Wildman–Crippen LogP) is 2.47. The molecule has 2 unspecified atom stereocenters. The summed E-state index contributed by atoms with van der Waals surface area (Å²) in [5, 5.41) is 3.09. The molecule has 0 heterocycles. The van der Waals surface area contributed by atoms with E-state index in [1.54, 1.807) is 19.0 Å². The largest absolute Gasteiger partial charge is 0.335 e. The first kappa shape index (κ1) is 12.3. The summed E-state index contributed by atoms with van der Waals surface area (Å²) in [6, 6.07) is 0.436. The number of hydrogen-bond donors (Lipinski definition) is 1. The van der Waals surface area contributed by atoms with Crippen LogP contribution in [0.1, 0.15) is 39.5 Å². The highest BCUT2D eigenvalue weighted by molar-refractivity contribution is 5.73. The second kappa shape index (κ2) is 5.38. The Hall–Kier alpha value is -0.730. The SMILES string of the molecule is CC(C)C1CCCC(NC(=O)N(C)C)C1. The van der Waals surface area contributed by atoms with Crippen LogP contribution in [0, 0.1) is 11.8 Å². The molecule has 1 fully saturated rings. The molecule has 2 atom stereocenters. The Morgan fingerprint density at radius 3 is 2.53 bits per heavy atom. The molecule has 1 aliphatic carbocycles. The molecular formula is C12H24N2O. The van der Waals surface area contributed by atoms with Crippen LogP contribution in [0.25, 0.3) is 0 Å². The number of nitrogens with one attached hydrogen (secondary N) is 1.